The summed E-state index contributed by atoms with van der Waals surface area (Å²) in [7, 11) is 1.75. The minimum absolute atomic E-state index is 0.0627. The zero-order valence-electron chi connectivity index (χ0n) is 15.9. The number of piperidine rings is 1. The average Bonchev–Trinajstić information content (AvgIpc) is 3.18. The third-order valence-corrected chi connectivity index (χ3v) is 5.84. The molecular formula is C21H20ClN5O2. The SMILES string of the molecule is Cn1c(=O)c2ccc(N3CCC(O)CC3)cc2n2nc(-c3ccnc(Cl)c3)cc12. The highest BCUT2D eigenvalue weighted by Gasteiger charge is 2.19. The number of anilines is 1. The first-order chi connectivity index (χ1) is 14.0. The number of rotatable bonds is 2. The van der Waals surface area contributed by atoms with Crippen molar-refractivity contribution >= 4 is 33.8 Å². The summed E-state index contributed by atoms with van der Waals surface area (Å²) in [5.41, 5.74) is 4.00. The molecule has 1 aromatic carbocycles. The molecule has 0 aliphatic carbocycles. The van der Waals surface area contributed by atoms with Gasteiger partial charge in [0.05, 0.1) is 22.7 Å². The molecule has 4 aromatic rings. The third-order valence-electron chi connectivity index (χ3n) is 5.63. The molecular weight excluding hydrogens is 390 g/mol. The van der Waals surface area contributed by atoms with Gasteiger partial charge >= 0.3 is 0 Å². The van der Waals surface area contributed by atoms with Gasteiger partial charge in [0.15, 0.2) is 0 Å². The molecule has 29 heavy (non-hydrogen) atoms. The van der Waals surface area contributed by atoms with E-state index in [1.165, 1.54) is 0 Å². The van der Waals surface area contributed by atoms with E-state index in [2.05, 4.69) is 9.88 Å². The van der Waals surface area contributed by atoms with Crippen molar-refractivity contribution in [3.8, 4) is 11.3 Å². The zero-order chi connectivity index (χ0) is 20.1. The predicted octanol–water partition coefficient (Wildman–Crippen LogP) is 2.86. The normalized spacial score (nSPS) is 15.5. The van der Waals surface area contributed by atoms with Gasteiger partial charge in [0, 0.05) is 43.7 Å². The standard InChI is InChI=1S/C21H20ClN5O2/c1-25-20-12-17(13-4-7-23-19(22)10-13)24-27(20)18-11-14(2-3-16(18)21(25)29)26-8-5-15(28)6-9-26/h2-4,7,10-12,15,28H,5-6,8-9H2,1H3. The van der Waals surface area contributed by atoms with Crippen LogP contribution >= 0.6 is 11.6 Å². The van der Waals surface area contributed by atoms with Crippen LogP contribution in [0.25, 0.3) is 27.8 Å². The molecule has 0 unspecified atom stereocenters. The molecule has 0 atom stereocenters. The molecule has 0 bridgehead atoms. The molecule has 0 spiro atoms. The number of hydrogen-bond donors (Lipinski definition) is 1. The Morgan fingerprint density at radius 1 is 1.14 bits per heavy atom. The van der Waals surface area contributed by atoms with Crippen LogP contribution in [0.5, 0.6) is 0 Å². The van der Waals surface area contributed by atoms with Gasteiger partial charge in [0.2, 0.25) is 0 Å². The fourth-order valence-electron chi connectivity index (χ4n) is 3.97. The number of hydrogen-bond acceptors (Lipinski definition) is 5. The number of aromatic nitrogens is 4. The van der Waals surface area contributed by atoms with Crippen molar-refractivity contribution in [3.05, 3.63) is 58.1 Å². The molecule has 1 fully saturated rings. The van der Waals surface area contributed by atoms with Gasteiger partial charge in [-0.25, -0.2) is 9.50 Å². The second-order valence-corrected chi connectivity index (χ2v) is 7.84. The van der Waals surface area contributed by atoms with Crippen molar-refractivity contribution in [1.29, 1.82) is 0 Å². The molecule has 5 rings (SSSR count). The molecule has 8 heteroatoms. The maximum absolute atomic E-state index is 12.9. The fraction of sp³-hybridized carbons (Fsp3) is 0.286. The van der Waals surface area contributed by atoms with E-state index in [0.29, 0.717) is 16.2 Å². The van der Waals surface area contributed by atoms with E-state index in [-0.39, 0.29) is 11.7 Å². The first kappa shape index (κ1) is 18.1. The first-order valence-corrected chi connectivity index (χ1v) is 9.96. The van der Waals surface area contributed by atoms with E-state index in [9.17, 15) is 9.90 Å². The summed E-state index contributed by atoms with van der Waals surface area (Å²) in [5.74, 6) is 0. The van der Waals surface area contributed by atoms with Crippen LogP contribution in [0.2, 0.25) is 5.15 Å². The second kappa shape index (κ2) is 6.86. The molecule has 3 aromatic heterocycles. The third kappa shape index (κ3) is 3.07. The Bertz CT molecular complexity index is 1290. The summed E-state index contributed by atoms with van der Waals surface area (Å²) in [4.78, 5) is 19.2. The first-order valence-electron chi connectivity index (χ1n) is 9.59. The number of benzene rings is 1. The number of pyridine rings is 1. The van der Waals surface area contributed by atoms with E-state index >= 15 is 0 Å². The Morgan fingerprint density at radius 3 is 2.69 bits per heavy atom. The van der Waals surface area contributed by atoms with Crippen LogP contribution in [0, 0.1) is 0 Å². The molecule has 7 nitrogen and oxygen atoms in total. The van der Waals surface area contributed by atoms with Crippen LogP contribution in [0.1, 0.15) is 12.8 Å². The van der Waals surface area contributed by atoms with Crippen LogP contribution in [-0.2, 0) is 7.05 Å². The van der Waals surface area contributed by atoms with Crippen molar-refractivity contribution < 1.29 is 5.11 Å². The number of aliphatic hydroxyl groups excluding tert-OH is 1. The Balaban J connectivity index is 1.71. The Labute approximate surface area is 171 Å². The highest BCUT2D eigenvalue weighted by Crippen LogP contribution is 2.27. The summed E-state index contributed by atoms with van der Waals surface area (Å²) in [6.07, 6.45) is 2.91. The fourth-order valence-corrected chi connectivity index (χ4v) is 4.15. The van der Waals surface area contributed by atoms with Crippen LogP contribution in [-0.4, -0.2) is 43.5 Å². The van der Waals surface area contributed by atoms with Crippen molar-refractivity contribution in [2.24, 2.45) is 7.05 Å². The molecule has 0 saturated carbocycles. The maximum Gasteiger partial charge on any atom is 0.261 e. The lowest BCUT2D eigenvalue weighted by molar-refractivity contribution is 0.145. The molecule has 1 aliphatic heterocycles. The van der Waals surface area contributed by atoms with Crippen LogP contribution < -0.4 is 10.5 Å². The Kier molecular flexibility index (Phi) is 4.29. The maximum atomic E-state index is 12.9. The van der Waals surface area contributed by atoms with Crippen LogP contribution in [0.15, 0.2) is 47.4 Å². The monoisotopic (exact) mass is 409 g/mol. The van der Waals surface area contributed by atoms with E-state index in [1.54, 1.807) is 23.9 Å². The molecule has 0 amide bonds. The summed E-state index contributed by atoms with van der Waals surface area (Å²) in [5, 5.41) is 15.6. The lowest BCUT2D eigenvalue weighted by Crippen LogP contribution is -2.35. The van der Waals surface area contributed by atoms with Gasteiger partial charge in [-0.3, -0.25) is 9.36 Å². The number of aliphatic hydroxyl groups is 1. The highest BCUT2D eigenvalue weighted by atomic mass is 35.5. The summed E-state index contributed by atoms with van der Waals surface area (Å²) >= 11 is 6.04. The molecule has 1 aliphatic rings. The van der Waals surface area contributed by atoms with Gasteiger partial charge < -0.3 is 10.0 Å². The zero-order valence-corrected chi connectivity index (χ0v) is 16.7. The number of aryl methyl sites for hydroxylation is 1. The molecule has 1 N–H and O–H groups in total. The van der Waals surface area contributed by atoms with Crippen molar-refractivity contribution in [3.63, 3.8) is 0 Å². The molecule has 148 valence electrons. The van der Waals surface area contributed by atoms with Crippen molar-refractivity contribution in [2.75, 3.05) is 18.0 Å². The van der Waals surface area contributed by atoms with Crippen molar-refractivity contribution in [1.82, 2.24) is 19.2 Å². The summed E-state index contributed by atoms with van der Waals surface area (Å²) in [6, 6.07) is 11.3. The highest BCUT2D eigenvalue weighted by molar-refractivity contribution is 6.29. The minimum Gasteiger partial charge on any atom is -0.393 e. The second-order valence-electron chi connectivity index (χ2n) is 7.45. The molecule has 1 saturated heterocycles. The van der Waals surface area contributed by atoms with Crippen LogP contribution in [0.4, 0.5) is 5.69 Å². The van der Waals surface area contributed by atoms with Gasteiger partial charge in [-0.2, -0.15) is 5.10 Å². The van der Waals surface area contributed by atoms with E-state index < -0.39 is 0 Å². The van der Waals surface area contributed by atoms with Gasteiger partial charge in [0.1, 0.15) is 10.8 Å². The predicted molar refractivity (Wildman–Crippen MR) is 114 cm³/mol. The van der Waals surface area contributed by atoms with Crippen molar-refractivity contribution in [2.45, 2.75) is 18.9 Å². The number of fused-ring (bicyclic) bond motifs is 3. The quantitative estimate of drug-likeness (QED) is 0.515. The lowest BCUT2D eigenvalue weighted by Gasteiger charge is -2.31. The summed E-state index contributed by atoms with van der Waals surface area (Å²) in [6.45, 7) is 1.58. The molecule has 0 radical (unpaired) electrons. The Hall–Kier alpha value is -2.90. The van der Waals surface area contributed by atoms with Gasteiger partial charge in [-0.15, -0.1) is 0 Å². The van der Waals surface area contributed by atoms with Gasteiger partial charge in [-0.05, 0) is 43.2 Å². The van der Waals surface area contributed by atoms with E-state index in [0.717, 1.165) is 48.4 Å². The van der Waals surface area contributed by atoms with Gasteiger partial charge in [0.25, 0.3) is 5.56 Å². The Morgan fingerprint density at radius 2 is 1.93 bits per heavy atom. The van der Waals surface area contributed by atoms with E-state index in [1.807, 2.05) is 34.8 Å². The molecule has 4 heterocycles. The number of nitrogens with zero attached hydrogens (tertiary/aromatic N) is 5. The average molecular weight is 410 g/mol. The van der Waals surface area contributed by atoms with Crippen LogP contribution in [0.3, 0.4) is 0 Å². The minimum atomic E-state index is -0.230. The number of halogens is 1. The van der Waals surface area contributed by atoms with E-state index in [4.69, 9.17) is 16.7 Å². The lowest BCUT2D eigenvalue weighted by atomic mass is 10.1. The van der Waals surface area contributed by atoms with Gasteiger partial charge in [-0.1, -0.05) is 11.6 Å². The largest absolute Gasteiger partial charge is 0.393 e. The topological polar surface area (TPSA) is 75.7 Å². The summed E-state index contributed by atoms with van der Waals surface area (Å²) < 4.78 is 3.42. The smallest absolute Gasteiger partial charge is 0.261 e.